The van der Waals surface area contributed by atoms with Crippen molar-refractivity contribution in [3.8, 4) is 5.75 Å². The van der Waals surface area contributed by atoms with Gasteiger partial charge in [-0.25, -0.2) is 13.2 Å². The van der Waals surface area contributed by atoms with E-state index in [0.717, 1.165) is 6.07 Å². The molecule has 1 nitrogen and oxygen atoms in total. The van der Waals surface area contributed by atoms with Gasteiger partial charge in [-0.3, -0.25) is 0 Å². The van der Waals surface area contributed by atoms with Gasteiger partial charge in [0.25, 0.3) is 0 Å². The van der Waals surface area contributed by atoms with E-state index in [9.17, 15) is 13.2 Å². The van der Waals surface area contributed by atoms with Gasteiger partial charge >= 0.3 is 0 Å². The maximum absolute atomic E-state index is 14.1. The summed E-state index contributed by atoms with van der Waals surface area (Å²) in [4.78, 5) is 0. The summed E-state index contributed by atoms with van der Waals surface area (Å²) in [7, 11) is -2.00. The fourth-order valence-electron chi connectivity index (χ4n) is 1.70. The van der Waals surface area contributed by atoms with E-state index in [1.807, 2.05) is 19.6 Å². The number of benzene rings is 2. The Labute approximate surface area is 104 Å². The van der Waals surface area contributed by atoms with E-state index in [-0.39, 0.29) is 11.1 Å². The van der Waals surface area contributed by atoms with Crippen molar-refractivity contribution in [3.63, 3.8) is 0 Å². The van der Waals surface area contributed by atoms with Gasteiger partial charge in [-0.15, -0.1) is 0 Å². The van der Waals surface area contributed by atoms with Crippen LogP contribution in [0.1, 0.15) is 0 Å². The third-order valence-corrected chi connectivity index (χ3v) is 3.23. The Kier molecular flexibility index (Phi) is 3.10. The highest BCUT2D eigenvalue weighted by Crippen LogP contribution is 2.30. The van der Waals surface area contributed by atoms with Crippen LogP contribution in [0.4, 0.5) is 13.2 Å². The maximum Gasteiger partial charge on any atom is 0.242 e. The van der Waals surface area contributed by atoms with Gasteiger partial charge in [-0.1, -0.05) is 12.1 Å². The van der Waals surface area contributed by atoms with Crippen molar-refractivity contribution in [2.45, 2.75) is 19.6 Å². The number of hydrogen-bond donors (Lipinski definition) is 0. The molecule has 0 spiro atoms. The minimum atomic E-state index is -2.00. The molecule has 0 aliphatic heterocycles. The lowest BCUT2D eigenvalue weighted by Crippen LogP contribution is -2.29. The standard InChI is InChI=1S/C13H13F3OSi/c1-18(2,3)17-10-7-5-8-4-6-9(14)12(15)11(8)13(10)16/h4-7H,1-3H3. The third-order valence-electron chi connectivity index (χ3n) is 2.39. The van der Waals surface area contributed by atoms with Crippen molar-refractivity contribution >= 4 is 19.1 Å². The summed E-state index contributed by atoms with van der Waals surface area (Å²) in [6, 6.07) is 5.30. The summed E-state index contributed by atoms with van der Waals surface area (Å²) >= 11 is 0. The molecule has 0 saturated carbocycles. The van der Waals surface area contributed by atoms with Crippen molar-refractivity contribution in [2.75, 3.05) is 0 Å². The summed E-state index contributed by atoms with van der Waals surface area (Å²) in [5.41, 5.74) is 0. The monoisotopic (exact) mass is 270 g/mol. The lowest BCUT2D eigenvalue weighted by Gasteiger charge is -2.20. The smallest absolute Gasteiger partial charge is 0.242 e. The summed E-state index contributed by atoms with van der Waals surface area (Å²) in [5.74, 6) is -3.10. The van der Waals surface area contributed by atoms with Crippen LogP contribution in [0.2, 0.25) is 19.6 Å². The largest absolute Gasteiger partial charge is 0.542 e. The number of hydrogen-bond acceptors (Lipinski definition) is 1. The van der Waals surface area contributed by atoms with E-state index >= 15 is 0 Å². The molecule has 0 amide bonds. The molecule has 0 bridgehead atoms. The first-order valence-electron chi connectivity index (χ1n) is 5.55. The molecule has 96 valence electrons. The zero-order valence-corrected chi connectivity index (χ0v) is 11.4. The first-order chi connectivity index (χ1) is 8.29. The normalized spacial score (nSPS) is 11.9. The molecule has 0 radical (unpaired) electrons. The van der Waals surface area contributed by atoms with Crippen molar-refractivity contribution in [1.29, 1.82) is 0 Å². The van der Waals surface area contributed by atoms with Crippen molar-refractivity contribution in [2.24, 2.45) is 0 Å². The molecule has 0 unspecified atom stereocenters. The summed E-state index contributed by atoms with van der Waals surface area (Å²) in [6.45, 7) is 5.66. The van der Waals surface area contributed by atoms with Crippen LogP contribution in [-0.2, 0) is 0 Å². The predicted molar refractivity (Wildman–Crippen MR) is 67.8 cm³/mol. The molecule has 2 aromatic carbocycles. The number of rotatable bonds is 2. The molecule has 0 heterocycles. The van der Waals surface area contributed by atoms with Crippen LogP contribution in [-0.4, -0.2) is 8.32 Å². The number of fused-ring (bicyclic) bond motifs is 1. The van der Waals surface area contributed by atoms with Crippen LogP contribution in [0, 0.1) is 17.5 Å². The van der Waals surface area contributed by atoms with Crippen LogP contribution < -0.4 is 4.43 Å². The molecule has 2 rings (SSSR count). The molecular formula is C13H13F3OSi. The quantitative estimate of drug-likeness (QED) is 0.731. The Morgan fingerprint density at radius 2 is 1.50 bits per heavy atom. The van der Waals surface area contributed by atoms with E-state index in [1.54, 1.807) is 0 Å². The SMILES string of the molecule is C[Si](C)(C)Oc1ccc2ccc(F)c(F)c2c1F. The van der Waals surface area contributed by atoms with Gasteiger partial charge in [0.05, 0.1) is 5.39 Å². The van der Waals surface area contributed by atoms with Gasteiger partial charge in [0.1, 0.15) is 5.75 Å². The Morgan fingerprint density at radius 3 is 2.11 bits per heavy atom. The maximum atomic E-state index is 14.1. The second-order valence-corrected chi connectivity index (χ2v) is 9.48. The van der Waals surface area contributed by atoms with Crippen LogP contribution in [0.25, 0.3) is 10.8 Å². The molecule has 0 saturated heterocycles. The average molecular weight is 270 g/mol. The molecule has 5 heteroatoms. The van der Waals surface area contributed by atoms with Gasteiger partial charge in [0.15, 0.2) is 17.5 Å². The van der Waals surface area contributed by atoms with E-state index in [2.05, 4.69) is 0 Å². The number of halogens is 3. The molecule has 0 N–H and O–H groups in total. The van der Waals surface area contributed by atoms with Gasteiger partial charge < -0.3 is 4.43 Å². The van der Waals surface area contributed by atoms with Gasteiger partial charge in [0, 0.05) is 0 Å². The van der Waals surface area contributed by atoms with Crippen molar-refractivity contribution in [3.05, 3.63) is 41.7 Å². The van der Waals surface area contributed by atoms with Gasteiger partial charge in [-0.2, -0.15) is 0 Å². The fraction of sp³-hybridized carbons (Fsp3) is 0.231. The van der Waals surface area contributed by atoms with E-state index < -0.39 is 25.8 Å². The Morgan fingerprint density at radius 1 is 0.889 bits per heavy atom. The molecule has 0 aliphatic rings. The Balaban J connectivity index is 2.66. The van der Waals surface area contributed by atoms with E-state index in [4.69, 9.17) is 4.43 Å². The minimum Gasteiger partial charge on any atom is -0.542 e. The van der Waals surface area contributed by atoms with Crippen LogP contribution in [0.15, 0.2) is 24.3 Å². The first kappa shape index (κ1) is 13.0. The summed E-state index contributed by atoms with van der Waals surface area (Å²) in [5, 5.41) is -0.0416. The zero-order valence-electron chi connectivity index (χ0n) is 10.4. The lowest BCUT2D eigenvalue weighted by molar-refractivity contribution is 0.488. The molecule has 0 fully saturated rings. The molecule has 18 heavy (non-hydrogen) atoms. The van der Waals surface area contributed by atoms with Crippen molar-refractivity contribution in [1.82, 2.24) is 0 Å². The van der Waals surface area contributed by atoms with E-state index in [1.165, 1.54) is 18.2 Å². The molecular weight excluding hydrogens is 257 g/mol. The van der Waals surface area contributed by atoms with Crippen molar-refractivity contribution < 1.29 is 17.6 Å². The highest BCUT2D eigenvalue weighted by Gasteiger charge is 2.21. The fourth-order valence-corrected chi connectivity index (χ4v) is 2.52. The van der Waals surface area contributed by atoms with E-state index in [0.29, 0.717) is 5.39 Å². The highest BCUT2D eigenvalue weighted by atomic mass is 28.4. The topological polar surface area (TPSA) is 9.23 Å². The second-order valence-electron chi connectivity index (χ2n) is 5.05. The average Bonchev–Trinajstić information content (AvgIpc) is 2.25. The van der Waals surface area contributed by atoms with Gasteiger partial charge in [0.2, 0.25) is 8.32 Å². The summed E-state index contributed by atoms with van der Waals surface area (Å²) in [6.07, 6.45) is 0. The van der Waals surface area contributed by atoms with Crippen LogP contribution in [0.3, 0.4) is 0 Å². The predicted octanol–water partition coefficient (Wildman–Crippen LogP) is 4.47. The second kappa shape index (κ2) is 4.31. The Bertz CT molecular complexity index is 605. The molecule has 2 aromatic rings. The molecule has 0 aromatic heterocycles. The summed E-state index contributed by atoms with van der Waals surface area (Å²) < 4.78 is 46.4. The van der Waals surface area contributed by atoms with Crippen LogP contribution in [0.5, 0.6) is 5.75 Å². The first-order valence-corrected chi connectivity index (χ1v) is 8.95. The molecule has 0 aliphatic carbocycles. The Hall–Kier alpha value is -1.49. The molecule has 0 atom stereocenters. The zero-order chi connectivity index (χ0) is 13.5. The lowest BCUT2D eigenvalue weighted by atomic mass is 10.1. The highest BCUT2D eigenvalue weighted by molar-refractivity contribution is 6.70. The van der Waals surface area contributed by atoms with Crippen LogP contribution >= 0.6 is 0 Å². The van der Waals surface area contributed by atoms with Gasteiger partial charge in [-0.05, 0) is 37.2 Å². The minimum absolute atomic E-state index is 0.0221. The third kappa shape index (κ3) is 2.36.